The normalized spacial score (nSPS) is 11.4. The number of rotatable bonds is 6. The summed E-state index contributed by atoms with van der Waals surface area (Å²) in [7, 11) is 0. The summed E-state index contributed by atoms with van der Waals surface area (Å²) in [5.74, 6) is -1.38. The number of benzene rings is 2. The predicted octanol–water partition coefficient (Wildman–Crippen LogP) is 2.08. The summed E-state index contributed by atoms with van der Waals surface area (Å²) in [5, 5.41) is 5.25. The maximum Gasteiger partial charge on any atom is 0.254 e. The van der Waals surface area contributed by atoms with Crippen molar-refractivity contribution in [2.24, 2.45) is 5.73 Å². The van der Waals surface area contributed by atoms with Gasteiger partial charge in [-0.15, -0.1) is 0 Å². The second kappa shape index (κ2) is 8.61. The van der Waals surface area contributed by atoms with E-state index in [0.29, 0.717) is 12.1 Å². The molecule has 1 atom stereocenters. The predicted molar refractivity (Wildman–Crippen MR) is 104 cm³/mol. The van der Waals surface area contributed by atoms with E-state index in [0.717, 1.165) is 9.13 Å². The Morgan fingerprint density at radius 1 is 1.08 bits per heavy atom. The van der Waals surface area contributed by atoms with Crippen LogP contribution in [0.3, 0.4) is 0 Å². The molecule has 0 spiro atoms. The number of hydrogen-bond acceptors (Lipinski definition) is 3. The lowest BCUT2D eigenvalue weighted by Crippen LogP contribution is -2.46. The highest BCUT2D eigenvalue weighted by Crippen LogP contribution is 2.17. The van der Waals surface area contributed by atoms with Crippen molar-refractivity contribution in [3.05, 3.63) is 63.2 Å². The van der Waals surface area contributed by atoms with Crippen molar-refractivity contribution in [3.8, 4) is 0 Å². The SMILES string of the molecule is CC(=O)Nc1ccccc1C(=O)N[C@H](Cc1ccccc1I)C(N)=O. The van der Waals surface area contributed by atoms with Crippen LogP contribution >= 0.6 is 22.6 Å². The molecule has 0 unspecified atom stereocenters. The van der Waals surface area contributed by atoms with Crippen LogP contribution in [0.25, 0.3) is 0 Å². The number of hydrogen-bond donors (Lipinski definition) is 3. The van der Waals surface area contributed by atoms with Gasteiger partial charge in [-0.05, 0) is 46.4 Å². The Labute approximate surface area is 159 Å². The molecule has 0 aliphatic rings. The Balaban J connectivity index is 2.20. The van der Waals surface area contributed by atoms with Gasteiger partial charge in [0.15, 0.2) is 0 Å². The number of para-hydroxylation sites is 1. The molecule has 0 saturated heterocycles. The van der Waals surface area contributed by atoms with Crippen LogP contribution in [-0.4, -0.2) is 23.8 Å². The molecule has 3 amide bonds. The van der Waals surface area contributed by atoms with E-state index in [1.807, 2.05) is 24.3 Å². The largest absolute Gasteiger partial charge is 0.368 e. The minimum atomic E-state index is -0.853. The van der Waals surface area contributed by atoms with Crippen molar-refractivity contribution in [1.29, 1.82) is 0 Å². The standard InChI is InChI=1S/C18H18IN3O3/c1-11(23)21-15-9-5-3-7-13(15)18(25)22-16(17(20)24)10-12-6-2-4-8-14(12)19/h2-9,16H,10H2,1H3,(H2,20,24)(H,21,23)(H,22,25)/t16-/m1/s1. The van der Waals surface area contributed by atoms with E-state index < -0.39 is 17.9 Å². The van der Waals surface area contributed by atoms with Crippen LogP contribution in [0.5, 0.6) is 0 Å². The van der Waals surface area contributed by atoms with Gasteiger partial charge in [-0.1, -0.05) is 30.3 Å². The third kappa shape index (κ3) is 5.28. The van der Waals surface area contributed by atoms with Crippen molar-refractivity contribution in [2.75, 3.05) is 5.32 Å². The van der Waals surface area contributed by atoms with Crippen LogP contribution < -0.4 is 16.4 Å². The molecule has 6 nitrogen and oxygen atoms in total. The van der Waals surface area contributed by atoms with E-state index in [-0.39, 0.29) is 11.5 Å². The van der Waals surface area contributed by atoms with Gasteiger partial charge in [-0.3, -0.25) is 14.4 Å². The van der Waals surface area contributed by atoms with Gasteiger partial charge in [0.2, 0.25) is 11.8 Å². The highest BCUT2D eigenvalue weighted by atomic mass is 127. The van der Waals surface area contributed by atoms with Crippen LogP contribution in [0, 0.1) is 3.57 Å². The number of primary amides is 1. The van der Waals surface area contributed by atoms with Crippen LogP contribution in [0.4, 0.5) is 5.69 Å². The lowest BCUT2D eigenvalue weighted by molar-refractivity contribution is -0.119. The van der Waals surface area contributed by atoms with Crippen molar-refractivity contribution in [3.63, 3.8) is 0 Å². The Bertz CT molecular complexity index is 808. The Kier molecular flexibility index (Phi) is 6.51. The average Bonchev–Trinajstić information content (AvgIpc) is 2.55. The zero-order valence-corrected chi connectivity index (χ0v) is 15.7. The van der Waals surface area contributed by atoms with Gasteiger partial charge in [0.05, 0.1) is 11.3 Å². The maximum absolute atomic E-state index is 12.6. The van der Waals surface area contributed by atoms with E-state index in [4.69, 9.17) is 5.73 Å². The fourth-order valence-electron chi connectivity index (χ4n) is 2.32. The smallest absolute Gasteiger partial charge is 0.254 e. The summed E-state index contributed by atoms with van der Waals surface area (Å²) in [4.78, 5) is 35.6. The first-order valence-electron chi connectivity index (χ1n) is 7.58. The van der Waals surface area contributed by atoms with Gasteiger partial charge in [0, 0.05) is 16.9 Å². The molecule has 0 radical (unpaired) electrons. The molecule has 0 aliphatic carbocycles. The monoisotopic (exact) mass is 451 g/mol. The molecule has 0 aliphatic heterocycles. The van der Waals surface area contributed by atoms with Crippen LogP contribution in [0.2, 0.25) is 0 Å². The van der Waals surface area contributed by atoms with Gasteiger partial charge in [0.25, 0.3) is 5.91 Å². The minimum absolute atomic E-state index is 0.270. The zero-order chi connectivity index (χ0) is 18.4. The Morgan fingerprint density at radius 2 is 1.72 bits per heavy atom. The summed E-state index contributed by atoms with van der Waals surface area (Å²) >= 11 is 2.17. The lowest BCUT2D eigenvalue weighted by Gasteiger charge is -2.17. The van der Waals surface area contributed by atoms with Crippen molar-refractivity contribution >= 4 is 46.0 Å². The van der Waals surface area contributed by atoms with Crippen molar-refractivity contribution in [1.82, 2.24) is 5.32 Å². The molecule has 130 valence electrons. The first kappa shape index (κ1) is 18.9. The fourth-order valence-corrected chi connectivity index (χ4v) is 2.93. The first-order valence-corrected chi connectivity index (χ1v) is 8.66. The van der Waals surface area contributed by atoms with Crippen LogP contribution in [-0.2, 0) is 16.0 Å². The van der Waals surface area contributed by atoms with Crippen LogP contribution in [0.1, 0.15) is 22.8 Å². The topological polar surface area (TPSA) is 101 Å². The molecule has 2 aromatic rings. The Morgan fingerprint density at radius 3 is 2.36 bits per heavy atom. The molecule has 25 heavy (non-hydrogen) atoms. The summed E-state index contributed by atoms with van der Waals surface area (Å²) < 4.78 is 0.985. The summed E-state index contributed by atoms with van der Waals surface area (Å²) in [6, 6.07) is 13.3. The molecule has 7 heteroatoms. The quantitative estimate of drug-likeness (QED) is 0.587. The van der Waals surface area contributed by atoms with E-state index in [1.54, 1.807) is 24.3 Å². The van der Waals surface area contributed by atoms with Gasteiger partial charge < -0.3 is 16.4 Å². The summed E-state index contributed by atoms with van der Waals surface area (Å²) in [5.41, 5.74) is 7.02. The number of halogens is 1. The third-order valence-electron chi connectivity index (χ3n) is 3.51. The van der Waals surface area contributed by atoms with Gasteiger partial charge in [-0.2, -0.15) is 0 Å². The highest BCUT2D eigenvalue weighted by molar-refractivity contribution is 14.1. The summed E-state index contributed by atoms with van der Waals surface area (Å²) in [6.45, 7) is 1.36. The van der Waals surface area contributed by atoms with Gasteiger partial charge >= 0.3 is 0 Å². The van der Waals surface area contributed by atoms with Gasteiger partial charge in [0.1, 0.15) is 6.04 Å². The second-order valence-electron chi connectivity index (χ2n) is 5.45. The number of amides is 3. The number of carbonyl (C=O) groups is 3. The molecule has 0 heterocycles. The van der Waals surface area contributed by atoms with Crippen LogP contribution in [0.15, 0.2) is 48.5 Å². The molecule has 4 N–H and O–H groups in total. The first-order chi connectivity index (χ1) is 11.9. The molecule has 0 aromatic heterocycles. The van der Waals surface area contributed by atoms with E-state index in [1.165, 1.54) is 6.92 Å². The number of nitrogens with one attached hydrogen (secondary N) is 2. The van der Waals surface area contributed by atoms with Gasteiger partial charge in [-0.25, -0.2) is 0 Å². The zero-order valence-electron chi connectivity index (χ0n) is 13.6. The van der Waals surface area contributed by atoms with E-state index in [9.17, 15) is 14.4 Å². The van der Waals surface area contributed by atoms with Crippen molar-refractivity contribution in [2.45, 2.75) is 19.4 Å². The molecule has 0 bridgehead atoms. The summed E-state index contributed by atoms with van der Waals surface area (Å²) in [6.07, 6.45) is 0.294. The average molecular weight is 451 g/mol. The molecule has 0 fully saturated rings. The molecule has 0 saturated carbocycles. The minimum Gasteiger partial charge on any atom is -0.368 e. The maximum atomic E-state index is 12.6. The fraction of sp³-hybridized carbons (Fsp3) is 0.167. The number of anilines is 1. The van der Waals surface area contributed by atoms with E-state index in [2.05, 4.69) is 33.2 Å². The Hall–Kier alpha value is -2.42. The molecular formula is C18H18IN3O3. The number of nitrogens with two attached hydrogens (primary N) is 1. The highest BCUT2D eigenvalue weighted by Gasteiger charge is 2.22. The lowest BCUT2D eigenvalue weighted by atomic mass is 10.0. The number of carbonyl (C=O) groups excluding carboxylic acids is 3. The van der Waals surface area contributed by atoms with E-state index >= 15 is 0 Å². The van der Waals surface area contributed by atoms with Crippen molar-refractivity contribution < 1.29 is 14.4 Å². The molecule has 2 rings (SSSR count). The molecular weight excluding hydrogens is 433 g/mol. The second-order valence-corrected chi connectivity index (χ2v) is 6.61. The third-order valence-corrected chi connectivity index (χ3v) is 4.57. The molecule has 2 aromatic carbocycles.